The van der Waals surface area contributed by atoms with Crippen molar-refractivity contribution in [2.75, 3.05) is 0 Å². The summed E-state index contributed by atoms with van der Waals surface area (Å²) in [5.74, 6) is -0.915. The smallest absolute Gasteiger partial charge is 0.356 e. The number of carboxylic acid groups (broad SMARTS) is 1. The molecule has 5 heteroatoms. The Morgan fingerprint density at radius 2 is 2.00 bits per heavy atom. The first-order chi connectivity index (χ1) is 7.97. The lowest BCUT2D eigenvalue weighted by atomic mass is 10.1. The van der Waals surface area contributed by atoms with Crippen molar-refractivity contribution >= 4 is 5.97 Å². The van der Waals surface area contributed by atoms with E-state index in [2.05, 4.69) is 5.10 Å². The maximum absolute atomic E-state index is 10.8. The van der Waals surface area contributed by atoms with Crippen molar-refractivity contribution in [2.45, 2.75) is 6.92 Å². The fourth-order valence-electron chi connectivity index (χ4n) is 1.75. The number of carbonyl (C=O) groups is 1. The Balaban J connectivity index is 2.56. The van der Waals surface area contributed by atoms with Crippen LogP contribution in [0.5, 0.6) is 5.75 Å². The maximum Gasteiger partial charge on any atom is 0.356 e. The molecule has 0 bridgehead atoms. The number of carboxylic acids is 1. The molecule has 2 N–H and O–H groups in total. The minimum Gasteiger partial charge on any atom is -0.508 e. The quantitative estimate of drug-likeness (QED) is 0.827. The van der Waals surface area contributed by atoms with Gasteiger partial charge in [0.25, 0.3) is 0 Å². The zero-order chi connectivity index (χ0) is 12.6. The van der Waals surface area contributed by atoms with Crippen molar-refractivity contribution in [2.24, 2.45) is 7.05 Å². The number of aromatic nitrogens is 2. The van der Waals surface area contributed by atoms with Crippen molar-refractivity contribution in [1.29, 1.82) is 0 Å². The van der Waals surface area contributed by atoms with Crippen LogP contribution in [0.4, 0.5) is 0 Å². The van der Waals surface area contributed by atoms with E-state index in [1.54, 1.807) is 19.2 Å². The Hall–Kier alpha value is -2.30. The van der Waals surface area contributed by atoms with Crippen molar-refractivity contribution in [1.82, 2.24) is 9.78 Å². The number of hydrogen-bond donors (Lipinski definition) is 2. The Morgan fingerprint density at radius 3 is 2.53 bits per heavy atom. The molecule has 1 aromatic heterocycles. The molecule has 0 aliphatic heterocycles. The number of rotatable bonds is 2. The third kappa shape index (κ3) is 2.13. The van der Waals surface area contributed by atoms with E-state index in [1.165, 1.54) is 10.7 Å². The number of benzene rings is 1. The summed E-state index contributed by atoms with van der Waals surface area (Å²) in [6.07, 6.45) is 0. The lowest BCUT2D eigenvalue weighted by molar-refractivity contribution is 0.0689. The van der Waals surface area contributed by atoms with E-state index in [-0.39, 0.29) is 11.4 Å². The molecule has 1 heterocycles. The van der Waals surface area contributed by atoms with Crippen LogP contribution in [0.1, 0.15) is 16.1 Å². The monoisotopic (exact) mass is 232 g/mol. The Bertz CT molecular complexity index is 567. The molecule has 0 atom stereocenters. The van der Waals surface area contributed by atoms with Crippen molar-refractivity contribution in [3.05, 3.63) is 35.5 Å². The molecule has 2 rings (SSSR count). The average molecular weight is 232 g/mol. The molecule has 17 heavy (non-hydrogen) atoms. The van der Waals surface area contributed by atoms with E-state index in [1.807, 2.05) is 13.0 Å². The highest BCUT2D eigenvalue weighted by atomic mass is 16.4. The maximum atomic E-state index is 10.8. The molecule has 0 saturated heterocycles. The first-order valence-electron chi connectivity index (χ1n) is 5.06. The average Bonchev–Trinajstić information content (AvgIpc) is 2.59. The van der Waals surface area contributed by atoms with E-state index in [4.69, 9.17) is 5.11 Å². The molecule has 0 amide bonds. The van der Waals surface area contributed by atoms with E-state index < -0.39 is 5.97 Å². The van der Waals surface area contributed by atoms with Gasteiger partial charge in [-0.15, -0.1) is 0 Å². The second-order valence-corrected chi connectivity index (χ2v) is 3.90. The first-order valence-corrected chi connectivity index (χ1v) is 5.06. The summed E-state index contributed by atoms with van der Waals surface area (Å²) in [4.78, 5) is 10.8. The zero-order valence-corrected chi connectivity index (χ0v) is 9.51. The second-order valence-electron chi connectivity index (χ2n) is 3.90. The lowest BCUT2D eigenvalue weighted by Gasteiger charge is -2.04. The molecule has 0 saturated carbocycles. The Kier molecular flexibility index (Phi) is 2.59. The molecule has 0 radical (unpaired) electrons. The fourth-order valence-corrected chi connectivity index (χ4v) is 1.75. The van der Waals surface area contributed by atoms with Crippen LogP contribution in [0.2, 0.25) is 0 Å². The summed E-state index contributed by atoms with van der Waals surface area (Å²) in [7, 11) is 1.67. The summed E-state index contributed by atoms with van der Waals surface area (Å²) < 4.78 is 1.48. The van der Waals surface area contributed by atoms with Gasteiger partial charge < -0.3 is 10.2 Å². The van der Waals surface area contributed by atoms with Crippen LogP contribution in [-0.4, -0.2) is 26.0 Å². The third-order valence-corrected chi connectivity index (χ3v) is 2.46. The summed E-state index contributed by atoms with van der Waals surface area (Å²) in [6, 6.07) is 6.56. The molecular weight excluding hydrogens is 220 g/mol. The fraction of sp³-hybridized carbons (Fsp3) is 0.167. The lowest BCUT2D eigenvalue weighted by Crippen LogP contribution is -1.99. The van der Waals surface area contributed by atoms with Gasteiger partial charge in [-0.1, -0.05) is 0 Å². The van der Waals surface area contributed by atoms with Gasteiger partial charge in [-0.2, -0.15) is 5.10 Å². The van der Waals surface area contributed by atoms with Crippen LogP contribution >= 0.6 is 0 Å². The normalized spacial score (nSPS) is 10.5. The van der Waals surface area contributed by atoms with Crippen LogP contribution in [0.25, 0.3) is 11.3 Å². The predicted molar refractivity (Wildman–Crippen MR) is 62.0 cm³/mol. The standard InChI is InChI=1S/C12H12N2O3/c1-7-3-8(5-9(15)4-7)11-6-10(12(16)17)13-14(11)2/h3-6,15H,1-2H3,(H,16,17). The SMILES string of the molecule is Cc1cc(O)cc(-c2cc(C(=O)O)nn2C)c1. The van der Waals surface area contributed by atoms with Gasteiger partial charge in [0.2, 0.25) is 0 Å². The molecule has 2 aromatic rings. The number of aromatic carboxylic acids is 1. The van der Waals surface area contributed by atoms with Crippen LogP contribution in [-0.2, 0) is 7.05 Å². The van der Waals surface area contributed by atoms with Gasteiger partial charge in [-0.05, 0) is 36.8 Å². The molecule has 0 aliphatic rings. The van der Waals surface area contributed by atoms with Gasteiger partial charge in [0.05, 0.1) is 5.69 Å². The largest absolute Gasteiger partial charge is 0.508 e. The minimum absolute atomic E-state index is 0.0107. The number of phenolic OH excluding ortho intramolecular Hbond substituents is 1. The van der Waals surface area contributed by atoms with Gasteiger partial charge in [-0.3, -0.25) is 4.68 Å². The third-order valence-electron chi connectivity index (χ3n) is 2.46. The molecule has 1 aromatic carbocycles. The summed E-state index contributed by atoms with van der Waals surface area (Å²) in [6.45, 7) is 1.86. The summed E-state index contributed by atoms with van der Waals surface area (Å²) >= 11 is 0. The highest BCUT2D eigenvalue weighted by molar-refractivity contribution is 5.87. The van der Waals surface area contributed by atoms with Crippen LogP contribution < -0.4 is 0 Å². The second kappa shape index (κ2) is 3.93. The zero-order valence-electron chi connectivity index (χ0n) is 9.51. The number of aromatic hydroxyl groups is 1. The van der Waals surface area contributed by atoms with Crippen molar-refractivity contribution in [3.8, 4) is 17.0 Å². The summed E-state index contributed by atoms with van der Waals surface area (Å²) in [5, 5.41) is 22.3. The molecule has 0 spiro atoms. The topological polar surface area (TPSA) is 75.3 Å². The molecular formula is C12H12N2O3. The molecule has 5 nitrogen and oxygen atoms in total. The highest BCUT2D eigenvalue weighted by Gasteiger charge is 2.13. The number of nitrogens with zero attached hydrogens (tertiary/aromatic N) is 2. The van der Waals surface area contributed by atoms with Crippen LogP contribution in [0.3, 0.4) is 0 Å². The Labute approximate surface area is 97.9 Å². The highest BCUT2D eigenvalue weighted by Crippen LogP contribution is 2.25. The first kappa shape index (κ1) is 11.2. The number of aryl methyl sites for hydroxylation is 2. The van der Waals surface area contributed by atoms with E-state index in [9.17, 15) is 9.90 Å². The molecule has 0 aliphatic carbocycles. The molecule has 88 valence electrons. The van der Waals surface area contributed by atoms with Gasteiger partial charge in [0.15, 0.2) is 5.69 Å². The minimum atomic E-state index is -1.07. The van der Waals surface area contributed by atoms with Crippen LogP contribution in [0, 0.1) is 6.92 Å². The van der Waals surface area contributed by atoms with Gasteiger partial charge in [-0.25, -0.2) is 4.79 Å². The van der Waals surface area contributed by atoms with Crippen LogP contribution in [0.15, 0.2) is 24.3 Å². The van der Waals surface area contributed by atoms with E-state index in [0.717, 1.165) is 11.1 Å². The van der Waals surface area contributed by atoms with Gasteiger partial charge in [0.1, 0.15) is 5.75 Å². The molecule has 0 fully saturated rings. The number of hydrogen-bond acceptors (Lipinski definition) is 3. The van der Waals surface area contributed by atoms with E-state index >= 15 is 0 Å². The molecule has 0 unspecified atom stereocenters. The number of phenols is 1. The van der Waals surface area contributed by atoms with Crippen molar-refractivity contribution < 1.29 is 15.0 Å². The van der Waals surface area contributed by atoms with Gasteiger partial charge in [0, 0.05) is 12.6 Å². The van der Waals surface area contributed by atoms with E-state index in [0.29, 0.717) is 5.69 Å². The Morgan fingerprint density at radius 1 is 1.29 bits per heavy atom. The van der Waals surface area contributed by atoms with Crippen molar-refractivity contribution in [3.63, 3.8) is 0 Å². The predicted octanol–water partition coefficient (Wildman–Crippen LogP) is 1.80. The summed E-state index contributed by atoms with van der Waals surface area (Å²) in [5.41, 5.74) is 2.29. The van der Waals surface area contributed by atoms with Gasteiger partial charge >= 0.3 is 5.97 Å².